The highest BCUT2D eigenvalue weighted by molar-refractivity contribution is 9.10. The van der Waals surface area contributed by atoms with Gasteiger partial charge in [0.15, 0.2) is 0 Å². The Bertz CT molecular complexity index is 523. The summed E-state index contributed by atoms with van der Waals surface area (Å²) in [6.45, 7) is 2.74. The fourth-order valence-electron chi connectivity index (χ4n) is 2.02. The number of hydrogen-bond acceptors (Lipinski definition) is 4. The average Bonchev–Trinajstić information content (AvgIpc) is 2.58. The summed E-state index contributed by atoms with van der Waals surface area (Å²) in [5, 5.41) is 0. The van der Waals surface area contributed by atoms with Gasteiger partial charge in [0.05, 0.1) is 6.61 Å². The molecule has 0 amide bonds. The number of carbonyl (C=O) groups excluding carboxylic acids is 2. The Morgan fingerprint density at radius 3 is 2.17 bits per heavy atom. The molecule has 0 aromatic heterocycles. The van der Waals surface area contributed by atoms with E-state index in [2.05, 4.69) is 22.9 Å². The molecule has 0 fully saturated rings. The minimum Gasteiger partial charge on any atom is -0.463 e. The number of carbonyl (C=O) groups is 2. The first kappa shape index (κ1) is 20.4. The first-order valence-electron chi connectivity index (χ1n) is 8.38. The van der Waals surface area contributed by atoms with Crippen molar-refractivity contribution in [3.05, 3.63) is 46.5 Å². The van der Waals surface area contributed by atoms with Crippen molar-refractivity contribution < 1.29 is 19.1 Å². The molecule has 0 saturated carbocycles. The van der Waals surface area contributed by atoms with Gasteiger partial charge in [-0.1, -0.05) is 67.1 Å². The smallest absolute Gasteiger partial charge is 0.331 e. The topological polar surface area (TPSA) is 52.6 Å². The first-order chi connectivity index (χ1) is 11.6. The molecule has 0 spiro atoms. The molecule has 0 bridgehead atoms. The molecule has 1 aromatic rings. The molecule has 132 valence electrons. The van der Waals surface area contributed by atoms with Crippen molar-refractivity contribution in [1.82, 2.24) is 0 Å². The van der Waals surface area contributed by atoms with E-state index in [9.17, 15) is 9.59 Å². The summed E-state index contributed by atoms with van der Waals surface area (Å²) < 4.78 is 11.0. The maximum atomic E-state index is 11.5. The second-order valence-corrected chi connectivity index (χ2v) is 6.42. The first-order valence-corrected chi connectivity index (χ1v) is 9.17. The van der Waals surface area contributed by atoms with Crippen LogP contribution in [-0.2, 0) is 25.7 Å². The SMILES string of the molecule is CCCCCCCCOC(=O)/C=C/C(=O)OCc1ccc(Br)cc1. The predicted octanol–water partition coefficient (Wildman–Crippen LogP) is 4.95. The van der Waals surface area contributed by atoms with Gasteiger partial charge in [-0.2, -0.15) is 0 Å². The number of halogens is 1. The molecule has 1 aromatic carbocycles. The van der Waals surface area contributed by atoms with E-state index in [0.717, 1.165) is 35.0 Å². The van der Waals surface area contributed by atoms with Crippen LogP contribution >= 0.6 is 15.9 Å². The lowest BCUT2D eigenvalue weighted by atomic mass is 10.1. The standard InChI is InChI=1S/C19H25BrO4/c1-2-3-4-5-6-7-14-23-18(21)12-13-19(22)24-15-16-8-10-17(20)11-9-16/h8-13H,2-7,14-15H2,1H3/b13-12+. The molecule has 0 N–H and O–H groups in total. The van der Waals surface area contributed by atoms with E-state index in [-0.39, 0.29) is 6.61 Å². The highest BCUT2D eigenvalue weighted by Crippen LogP contribution is 2.11. The van der Waals surface area contributed by atoms with Crippen LogP contribution in [0.15, 0.2) is 40.9 Å². The number of rotatable bonds is 11. The second-order valence-electron chi connectivity index (χ2n) is 5.50. The van der Waals surface area contributed by atoms with Gasteiger partial charge in [-0.3, -0.25) is 0 Å². The van der Waals surface area contributed by atoms with E-state index in [0.29, 0.717) is 6.61 Å². The van der Waals surface area contributed by atoms with Gasteiger partial charge in [-0.25, -0.2) is 9.59 Å². The molecule has 0 radical (unpaired) electrons. The van der Waals surface area contributed by atoms with E-state index in [4.69, 9.17) is 9.47 Å². The Labute approximate surface area is 152 Å². The van der Waals surface area contributed by atoms with Crippen LogP contribution in [0, 0.1) is 0 Å². The van der Waals surface area contributed by atoms with E-state index in [1.165, 1.54) is 25.7 Å². The maximum absolute atomic E-state index is 11.5. The lowest BCUT2D eigenvalue weighted by molar-refractivity contribution is -0.141. The van der Waals surface area contributed by atoms with E-state index < -0.39 is 11.9 Å². The summed E-state index contributed by atoms with van der Waals surface area (Å²) in [6, 6.07) is 7.46. The summed E-state index contributed by atoms with van der Waals surface area (Å²) in [6.07, 6.45) is 9.01. The lowest BCUT2D eigenvalue weighted by Crippen LogP contribution is -2.05. The molecule has 24 heavy (non-hydrogen) atoms. The summed E-state index contributed by atoms with van der Waals surface area (Å²) in [7, 11) is 0. The van der Waals surface area contributed by atoms with E-state index in [1.807, 2.05) is 24.3 Å². The number of ether oxygens (including phenoxy) is 2. The van der Waals surface area contributed by atoms with Crippen LogP contribution in [0.1, 0.15) is 51.0 Å². The Kier molecular flexibility index (Phi) is 10.9. The largest absolute Gasteiger partial charge is 0.463 e. The minimum absolute atomic E-state index is 0.170. The zero-order valence-corrected chi connectivity index (χ0v) is 15.7. The molecule has 0 heterocycles. The van der Waals surface area contributed by atoms with Gasteiger partial charge in [0.1, 0.15) is 6.61 Å². The van der Waals surface area contributed by atoms with Crippen molar-refractivity contribution in [2.24, 2.45) is 0 Å². The van der Waals surface area contributed by atoms with Crippen molar-refractivity contribution in [3.8, 4) is 0 Å². The van der Waals surface area contributed by atoms with Crippen LogP contribution in [0.4, 0.5) is 0 Å². The molecule has 0 aliphatic heterocycles. The molecule has 1 rings (SSSR count). The molecule has 0 atom stereocenters. The van der Waals surface area contributed by atoms with Gasteiger partial charge >= 0.3 is 11.9 Å². The second kappa shape index (κ2) is 12.8. The predicted molar refractivity (Wildman–Crippen MR) is 97.4 cm³/mol. The Morgan fingerprint density at radius 1 is 0.917 bits per heavy atom. The van der Waals surface area contributed by atoms with Gasteiger partial charge in [-0.05, 0) is 24.1 Å². The molecule has 0 aliphatic rings. The molecule has 0 unspecified atom stereocenters. The van der Waals surface area contributed by atoms with Crippen molar-refractivity contribution in [2.75, 3.05) is 6.61 Å². The van der Waals surface area contributed by atoms with Crippen molar-refractivity contribution in [2.45, 2.75) is 52.1 Å². The fraction of sp³-hybridized carbons (Fsp3) is 0.474. The maximum Gasteiger partial charge on any atom is 0.331 e. The van der Waals surface area contributed by atoms with Gasteiger partial charge in [0, 0.05) is 16.6 Å². The van der Waals surface area contributed by atoms with Crippen LogP contribution in [0.25, 0.3) is 0 Å². The third-order valence-corrected chi connectivity index (χ3v) is 3.92. The van der Waals surface area contributed by atoms with Crippen molar-refractivity contribution in [3.63, 3.8) is 0 Å². The lowest BCUT2D eigenvalue weighted by Gasteiger charge is -2.03. The van der Waals surface area contributed by atoms with Crippen LogP contribution in [0.2, 0.25) is 0 Å². The van der Waals surface area contributed by atoms with Crippen molar-refractivity contribution in [1.29, 1.82) is 0 Å². The number of unbranched alkanes of at least 4 members (excludes halogenated alkanes) is 5. The summed E-state index contributed by atoms with van der Waals surface area (Å²) in [5.74, 6) is -1.07. The summed E-state index contributed by atoms with van der Waals surface area (Å²) >= 11 is 3.34. The number of benzene rings is 1. The van der Waals surface area contributed by atoms with E-state index >= 15 is 0 Å². The highest BCUT2D eigenvalue weighted by Gasteiger charge is 2.02. The zero-order valence-electron chi connectivity index (χ0n) is 14.1. The van der Waals surface area contributed by atoms with Crippen molar-refractivity contribution >= 4 is 27.9 Å². The molecule has 5 heteroatoms. The van der Waals surface area contributed by atoms with Crippen LogP contribution in [-0.4, -0.2) is 18.5 Å². The monoisotopic (exact) mass is 396 g/mol. The summed E-state index contributed by atoms with van der Waals surface area (Å²) in [5.41, 5.74) is 0.880. The Morgan fingerprint density at radius 2 is 1.50 bits per heavy atom. The fourth-order valence-corrected chi connectivity index (χ4v) is 2.29. The molecular weight excluding hydrogens is 372 g/mol. The third kappa shape index (κ3) is 10.2. The summed E-state index contributed by atoms with van der Waals surface area (Å²) in [4.78, 5) is 23.0. The van der Waals surface area contributed by atoms with Crippen LogP contribution in [0.5, 0.6) is 0 Å². The molecule has 4 nitrogen and oxygen atoms in total. The Balaban J connectivity index is 2.12. The van der Waals surface area contributed by atoms with Gasteiger partial charge < -0.3 is 9.47 Å². The number of hydrogen-bond donors (Lipinski definition) is 0. The third-order valence-electron chi connectivity index (χ3n) is 3.39. The van der Waals surface area contributed by atoms with Crippen LogP contribution in [0.3, 0.4) is 0 Å². The quantitative estimate of drug-likeness (QED) is 0.301. The van der Waals surface area contributed by atoms with Gasteiger partial charge in [-0.15, -0.1) is 0 Å². The average molecular weight is 397 g/mol. The number of esters is 2. The Hall–Kier alpha value is -1.62. The van der Waals surface area contributed by atoms with Gasteiger partial charge in [0.25, 0.3) is 0 Å². The highest BCUT2D eigenvalue weighted by atomic mass is 79.9. The molecule has 0 aliphatic carbocycles. The molecule has 0 saturated heterocycles. The van der Waals surface area contributed by atoms with Gasteiger partial charge in [0.2, 0.25) is 0 Å². The minimum atomic E-state index is -0.561. The normalized spacial score (nSPS) is 10.8. The van der Waals surface area contributed by atoms with Crippen LogP contribution < -0.4 is 0 Å². The van der Waals surface area contributed by atoms with E-state index in [1.54, 1.807) is 0 Å². The zero-order chi connectivity index (χ0) is 17.6. The molecular formula is C19H25BrO4.